The van der Waals surface area contributed by atoms with Crippen LogP contribution in [0.25, 0.3) is 17.1 Å². The van der Waals surface area contributed by atoms with Gasteiger partial charge in [-0.2, -0.15) is 0 Å². The average Bonchev–Trinajstić information content (AvgIpc) is 3.37. The van der Waals surface area contributed by atoms with Gasteiger partial charge in [-0.3, -0.25) is 4.79 Å². The van der Waals surface area contributed by atoms with E-state index in [9.17, 15) is 4.79 Å². The van der Waals surface area contributed by atoms with Gasteiger partial charge in [0, 0.05) is 18.7 Å². The third kappa shape index (κ3) is 3.56. The van der Waals surface area contributed by atoms with Crippen molar-refractivity contribution in [1.29, 1.82) is 0 Å². The topological polar surface area (TPSA) is 63.1 Å². The maximum atomic E-state index is 13.3. The van der Waals surface area contributed by atoms with E-state index in [1.807, 2.05) is 65.6 Å². The normalized spacial score (nSPS) is 21.6. The van der Waals surface area contributed by atoms with E-state index in [1.54, 1.807) is 4.68 Å². The molecule has 0 aliphatic carbocycles. The Hall–Kier alpha value is -2.99. The highest BCUT2D eigenvalue weighted by atomic mass is 16.2. The number of carbonyl (C=O) groups is 1. The molecule has 3 heterocycles. The van der Waals surface area contributed by atoms with Gasteiger partial charge in [0.15, 0.2) is 5.82 Å². The molecule has 0 saturated carbocycles. The average molecular weight is 387 g/mol. The third-order valence-corrected chi connectivity index (χ3v) is 6.14. The fourth-order valence-corrected chi connectivity index (χ4v) is 4.49. The van der Waals surface area contributed by atoms with Crippen molar-refractivity contribution in [2.75, 3.05) is 26.2 Å². The molecule has 6 nitrogen and oxygen atoms in total. The number of amides is 1. The molecule has 148 valence electrons. The summed E-state index contributed by atoms with van der Waals surface area (Å²) in [4.78, 5) is 19.9. The SMILES string of the molecule is O=C(c1nc(-c2ccccc2)n(-c2ccccc2)n1)N1CC[C@@H]2CNC[C@@H]2CC1. The van der Waals surface area contributed by atoms with Crippen LogP contribution in [0, 0.1) is 11.8 Å². The summed E-state index contributed by atoms with van der Waals surface area (Å²) in [5.41, 5.74) is 1.84. The molecule has 6 heteroatoms. The lowest BCUT2D eigenvalue weighted by Gasteiger charge is -2.19. The standard InChI is InChI=1S/C23H25N5O/c29-23(27-13-11-18-15-24-16-19(18)12-14-27)21-25-22(17-7-3-1-4-8-17)28(26-21)20-9-5-2-6-10-20/h1-10,18-19,24H,11-16H2/t18-,19+. The van der Waals surface area contributed by atoms with Crippen molar-refractivity contribution in [2.24, 2.45) is 11.8 Å². The summed E-state index contributed by atoms with van der Waals surface area (Å²) < 4.78 is 1.78. The number of aromatic nitrogens is 3. The number of fused-ring (bicyclic) bond motifs is 1. The quantitative estimate of drug-likeness (QED) is 0.750. The molecule has 2 saturated heterocycles. The van der Waals surface area contributed by atoms with Crippen LogP contribution in [0.1, 0.15) is 23.5 Å². The van der Waals surface area contributed by atoms with E-state index in [0.29, 0.717) is 17.7 Å². The molecular weight excluding hydrogens is 362 g/mol. The predicted octanol–water partition coefficient (Wildman–Crippen LogP) is 3.01. The highest BCUT2D eigenvalue weighted by molar-refractivity contribution is 5.91. The van der Waals surface area contributed by atoms with Crippen LogP contribution in [-0.2, 0) is 0 Å². The second-order valence-electron chi connectivity index (χ2n) is 7.92. The van der Waals surface area contributed by atoms with Crippen molar-refractivity contribution in [3.05, 3.63) is 66.5 Å². The van der Waals surface area contributed by atoms with Crippen LogP contribution in [0.15, 0.2) is 60.7 Å². The summed E-state index contributed by atoms with van der Waals surface area (Å²) in [6.07, 6.45) is 2.10. The van der Waals surface area contributed by atoms with Gasteiger partial charge < -0.3 is 10.2 Å². The Bertz CT molecular complexity index is 914. The number of para-hydroxylation sites is 1. The van der Waals surface area contributed by atoms with Gasteiger partial charge in [-0.05, 0) is 49.9 Å². The number of nitrogens with zero attached hydrogens (tertiary/aromatic N) is 4. The number of rotatable bonds is 3. The van der Waals surface area contributed by atoms with E-state index in [1.165, 1.54) is 0 Å². The largest absolute Gasteiger partial charge is 0.336 e. The molecule has 0 spiro atoms. The first-order chi connectivity index (χ1) is 14.3. The molecule has 29 heavy (non-hydrogen) atoms. The van der Waals surface area contributed by atoms with Gasteiger partial charge in [0.05, 0.1) is 5.69 Å². The van der Waals surface area contributed by atoms with Gasteiger partial charge >= 0.3 is 0 Å². The van der Waals surface area contributed by atoms with Gasteiger partial charge in [-0.1, -0.05) is 48.5 Å². The summed E-state index contributed by atoms with van der Waals surface area (Å²) in [5, 5.41) is 8.12. The summed E-state index contributed by atoms with van der Waals surface area (Å²) in [6, 6.07) is 19.8. The maximum Gasteiger partial charge on any atom is 0.293 e. The van der Waals surface area contributed by atoms with Crippen LogP contribution in [0.3, 0.4) is 0 Å². The van der Waals surface area contributed by atoms with Gasteiger partial charge in [-0.15, -0.1) is 5.10 Å². The van der Waals surface area contributed by atoms with Crippen LogP contribution >= 0.6 is 0 Å². The minimum atomic E-state index is -0.0650. The zero-order chi connectivity index (χ0) is 19.6. The Labute approximate surface area is 170 Å². The van der Waals surface area contributed by atoms with E-state index < -0.39 is 0 Å². The molecule has 3 aromatic rings. The maximum absolute atomic E-state index is 13.3. The molecule has 0 bridgehead atoms. The number of benzene rings is 2. The predicted molar refractivity (Wildman–Crippen MR) is 112 cm³/mol. The third-order valence-electron chi connectivity index (χ3n) is 6.14. The Balaban J connectivity index is 1.47. The van der Waals surface area contributed by atoms with Crippen LogP contribution in [0.5, 0.6) is 0 Å². The first-order valence-electron chi connectivity index (χ1n) is 10.4. The zero-order valence-corrected chi connectivity index (χ0v) is 16.4. The molecule has 2 atom stereocenters. The van der Waals surface area contributed by atoms with Crippen LogP contribution < -0.4 is 5.32 Å². The molecule has 2 fully saturated rings. The second-order valence-corrected chi connectivity index (χ2v) is 7.92. The molecule has 5 rings (SSSR count). The van der Waals surface area contributed by atoms with E-state index in [4.69, 9.17) is 0 Å². The van der Waals surface area contributed by atoms with Crippen molar-refractivity contribution in [2.45, 2.75) is 12.8 Å². The fraction of sp³-hybridized carbons (Fsp3) is 0.348. The van der Waals surface area contributed by atoms with Crippen molar-refractivity contribution in [1.82, 2.24) is 25.0 Å². The smallest absolute Gasteiger partial charge is 0.293 e. The van der Waals surface area contributed by atoms with Crippen LogP contribution in [-0.4, -0.2) is 51.8 Å². The molecule has 1 amide bonds. The lowest BCUT2D eigenvalue weighted by molar-refractivity contribution is 0.0746. The Morgan fingerprint density at radius 2 is 1.52 bits per heavy atom. The fourth-order valence-electron chi connectivity index (χ4n) is 4.49. The summed E-state index contributed by atoms with van der Waals surface area (Å²) >= 11 is 0. The monoisotopic (exact) mass is 387 g/mol. The van der Waals surface area contributed by atoms with Gasteiger partial charge in [0.25, 0.3) is 5.91 Å². The molecular formula is C23H25N5O. The van der Waals surface area contributed by atoms with E-state index >= 15 is 0 Å². The number of hydrogen-bond acceptors (Lipinski definition) is 4. The zero-order valence-electron chi connectivity index (χ0n) is 16.4. The number of nitrogens with one attached hydrogen (secondary N) is 1. The van der Waals surface area contributed by atoms with Gasteiger partial charge in [-0.25, -0.2) is 9.67 Å². The molecule has 2 aromatic carbocycles. The molecule has 1 aromatic heterocycles. The molecule has 0 radical (unpaired) electrons. The lowest BCUT2D eigenvalue weighted by Crippen LogP contribution is -2.33. The first kappa shape index (κ1) is 18.1. The van der Waals surface area contributed by atoms with Gasteiger partial charge in [0.1, 0.15) is 0 Å². The molecule has 2 aliphatic rings. The Morgan fingerprint density at radius 1 is 0.897 bits per heavy atom. The molecule has 2 aliphatic heterocycles. The summed E-state index contributed by atoms with van der Waals surface area (Å²) in [6.45, 7) is 3.71. The second kappa shape index (κ2) is 7.79. The minimum absolute atomic E-state index is 0.0650. The Morgan fingerprint density at radius 3 is 2.17 bits per heavy atom. The van der Waals surface area contributed by atoms with Crippen LogP contribution in [0.2, 0.25) is 0 Å². The van der Waals surface area contributed by atoms with Crippen molar-refractivity contribution in [3.8, 4) is 17.1 Å². The highest BCUT2D eigenvalue weighted by Crippen LogP contribution is 2.28. The van der Waals surface area contributed by atoms with Gasteiger partial charge in [0.2, 0.25) is 5.82 Å². The molecule has 1 N–H and O–H groups in total. The number of carbonyl (C=O) groups excluding carboxylic acids is 1. The molecule has 0 unspecified atom stereocenters. The van der Waals surface area contributed by atoms with Crippen molar-refractivity contribution in [3.63, 3.8) is 0 Å². The number of likely N-dealkylation sites (tertiary alicyclic amines) is 1. The Kier molecular flexibility index (Phi) is 4.86. The highest BCUT2D eigenvalue weighted by Gasteiger charge is 2.33. The van der Waals surface area contributed by atoms with Crippen molar-refractivity contribution >= 4 is 5.91 Å². The summed E-state index contributed by atoms with van der Waals surface area (Å²) in [7, 11) is 0. The van der Waals surface area contributed by atoms with E-state index in [-0.39, 0.29) is 11.7 Å². The van der Waals surface area contributed by atoms with Crippen LogP contribution in [0.4, 0.5) is 0 Å². The lowest BCUT2D eigenvalue weighted by atomic mass is 9.92. The first-order valence-corrected chi connectivity index (χ1v) is 10.4. The van der Waals surface area contributed by atoms with Crippen molar-refractivity contribution < 1.29 is 4.79 Å². The summed E-state index contributed by atoms with van der Waals surface area (Å²) in [5.74, 6) is 2.27. The number of hydrogen-bond donors (Lipinski definition) is 1. The van der Waals surface area contributed by atoms with E-state index in [2.05, 4.69) is 15.4 Å². The minimum Gasteiger partial charge on any atom is -0.336 e. The van der Waals surface area contributed by atoms with E-state index in [0.717, 1.165) is 50.3 Å².